The lowest BCUT2D eigenvalue weighted by Crippen LogP contribution is -1.95. The van der Waals surface area contributed by atoms with Gasteiger partial charge in [0.25, 0.3) is 0 Å². The van der Waals surface area contributed by atoms with Gasteiger partial charge in [0.15, 0.2) is 0 Å². The van der Waals surface area contributed by atoms with Gasteiger partial charge in [-0.1, -0.05) is 13.8 Å². The van der Waals surface area contributed by atoms with Crippen molar-refractivity contribution in [1.82, 2.24) is 0 Å². The minimum absolute atomic E-state index is 0.684. The largest absolute Gasteiger partial charge is 0.145 e. The van der Waals surface area contributed by atoms with Gasteiger partial charge in [0, 0.05) is 0 Å². The highest BCUT2D eigenvalue weighted by atomic mass is 32.2. The molecule has 9 heavy (non-hydrogen) atoms. The Morgan fingerprint density at radius 2 is 1.56 bits per heavy atom. The smallest absolute Gasteiger partial charge is 0.0612 e. The number of rotatable bonds is 4. The first-order chi connectivity index (χ1) is 4.33. The molecule has 0 unspecified atom stereocenters. The molecule has 1 saturated carbocycles. The van der Waals surface area contributed by atoms with Crippen LogP contribution in [0.5, 0.6) is 0 Å². The Balaban J connectivity index is 2.17. The molecule has 0 amide bonds. The van der Waals surface area contributed by atoms with E-state index in [1.807, 2.05) is 0 Å². The van der Waals surface area contributed by atoms with Crippen LogP contribution in [0.15, 0.2) is 0 Å². The van der Waals surface area contributed by atoms with Crippen molar-refractivity contribution in [3.8, 4) is 0 Å². The lowest BCUT2D eigenvalue weighted by molar-refractivity contribution is 1.35. The second kappa shape index (κ2) is 3.20. The van der Waals surface area contributed by atoms with Crippen LogP contribution in [0.4, 0.5) is 0 Å². The molecule has 0 aromatic rings. The van der Waals surface area contributed by atoms with Gasteiger partial charge in [-0.05, 0) is 24.3 Å². The third-order valence-electron chi connectivity index (χ3n) is 1.47. The van der Waals surface area contributed by atoms with Crippen LogP contribution in [0.3, 0.4) is 0 Å². The van der Waals surface area contributed by atoms with Gasteiger partial charge in [-0.3, -0.25) is 0 Å². The lowest BCUT2D eigenvalue weighted by Gasteiger charge is -2.10. The summed E-state index contributed by atoms with van der Waals surface area (Å²) in [6.45, 7) is 4.50. The van der Waals surface area contributed by atoms with Gasteiger partial charge in [0.2, 0.25) is 0 Å². The maximum absolute atomic E-state index is 2.25. The SMILES string of the molecule is CCSC1(SCC)CC1. The molecule has 2 heteroatoms. The van der Waals surface area contributed by atoms with Crippen molar-refractivity contribution in [3.63, 3.8) is 0 Å². The quantitative estimate of drug-likeness (QED) is 0.583. The van der Waals surface area contributed by atoms with Crippen molar-refractivity contribution in [1.29, 1.82) is 0 Å². The summed E-state index contributed by atoms with van der Waals surface area (Å²) in [4.78, 5) is 0. The normalized spacial score (nSPS) is 22.0. The first-order valence-corrected chi connectivity index (χ1v) is 5.58. The van der Waals surface area contributed by atoms with Crippen molar-refractivity contribution in [3.05, 3.63) is 0 Å². The summed E-state index contributed by atoms with van der Waals surface area (Å²) in [5.74, 6) is 2.57. The summed E-state index contributed by atoms with van der Waals surface area (Å²) in [5, 5.41) is 0. The number of hydrogen-bond acceptors (Lipinski definition) is 2. The van der Waals surface area contributed by atoms with Crippen molar-refractivity contribution in [2.45, 2.75) is 30.8 Å². The highest BCUT2D eigenvalue weighted by Crippen LogP contribution is 2.56. The lowest BCUT2D eigenvalue weighted by atomic mass is 10.9. The predicted molar refractivity (Wildman–Crippen MR) is 48.2 cm³/mol. The Hall–Kier alpha value is 0.700. The third kappa shape index (κ3) is 2.08. The fourth-order valence-electron chi connectivity index (χ4n) is 0.959. The van der Waals surface area contributed by atoms with E-state index in [2.05, 4.69) is 37.4 Å². The maximum Gasteiger partial charge on any atom is 0.0612 e. The molecule has 0 heterocycles. The first-order valence-electron chi connectivity index (χ1n) is 3.61. The van der Waals surface area contributed by atoms with Gasteiger partial charge < -0.3 is 0 Å². The van der Waals surface area contributed by atoms with Crippen LogP contribution in [-0.2, 0) is 0 Å². The Kier molecular flexibility index (Phi) is 2.77. The van der Waals surface area contributed by atoms with Gasteiger partial charge >= 0.3 is 0 Å². The summed E-state index contributed by atoms with van der Waals surface area (Å²) >= 11 is 4.26. The fraction of sp³-hybridized carbons (Fsp3) is 1.00. The van der Waals surface area contributed by atoms with Gasteiger partial charge in [-0.15, -0.1) is 23.5 Å². The van der Waals surface area contributed by atoms with Gasteiger partial charge in [0.05, 0.1) is 4.08 Å². The van der Waals surface area contributed by atoms with E-state index in [9.17, 15) is 0 Å². The summed E-state index contributed by atoms with van der Waals surface area (Å²) in [6, 6.07) is 0. The summed E-state index contributed by atoms with van der Waals surface area (Å²) in [5.41, 5.74) is 0. The summed E-state index contributed by atoms with van der Waals surface area (Å²) in [7, 11) is 0. The molecule has 0 aliphatic heterocycles. The second-order valence-electron chi connectivity index (χ2n) is 2.28. The minimum atomic E-state index is 0.684. The molecule has 1 fully saturated rings. The van der Waals surface area contributed by atoms with E-state index in [0.717, 1.165) is 0 Å². The second-order valence-corrected chi connectivity index (χ2v) is 5.83. The van der Waals surface area contributed by atoms with E-state index in [1.165, 1.54) is 24.3 Å². The zero-order valence-electron chi connectivity index (χ0n) is 6.14. The molecule has 0 bridgehead atoms. The molecule has 1 aliphatic rings. The van der Waals surface area contributed by atoms with E-state index in [4.69, 9.17) is 0 Å². The van der Waals surface area contributed by atoms with E-state index in [1.54, 1.807) is 0 Å². The number of thioether (sulfide) groups is 2. The van der Waals surface area contributed by atoms with Gasteiger partial charge in [-0.2, -0.15) is 0 Å². The molecule has 0 aromatic heterocycles. The van der Waals surface area contributed by atoms with E-state index in [0.29, 0.717) is 4.08 Å². The van der Waals surface area contributed by atoms with Gasteiger partial charge in [-0.25, -0.2) is 0 Å². The Morgan fingerprint density at radius 1 is 1.11 bits per heavy atom. The zero-order valence-corrected chi connectivity index (χ0v) is 7.78. The molecule has 0 nitrogen and oxygen atoms in total. The van der Waals surface area contributed by atoms with Crippen LogP contribution in [0.2, 0.25) is 0 Å². The average Bonchev–Trinajstić information content (AvgIpc) is 2.51. The first kappa shape index (κ1) is 7.80. The Morgan fingerprint density at radius 3 is 1.78 bits per heavy atom. The van der Waals surface area contributed by atoms with Crippen LogP contribution < -0.4 is 0 Å². The molecular formula is C7H14S2. The molecule has 0 N–H and O–H groups in total. The van der Waals surface area contributed by atoms with Crippen LogP contribution in [0.1, 0.15) is 26.7 Å². The highest BCUT2D eigenvalue weighted by Gasteiger charge is 2.42. The minimum Gasteiger partial charge on any atom is -0.145 e. The van der Waals surface area contributed by atoms with Crippen LogP contribution >= 0.6 is 23.5 Å². The Labute approximate surface area is 66.2 Å². The molecule has 1 rings (SSSR count). The van der Waals surface area contributed by atoms with E-state index in [-0.39, 0.29) is 0 Å². The Bertz CT molecular complexity index is 78.9. The topological polar surface area (TPSA) is 0 Å². The van der Waals surface area contributed by atoms with E-state index < -0.39 is 0 Å². The molecular weight excluding hydrogens is 148 g/mol. The molecule has 0 spiro atoms. The fourth-order valence-corrected chi connectivity index (χ4v) is 3.83. The van der Waals surface area contributed by atoms with Crippen molar-refractivity contribution in [2.75, 3.05) is 11.5 Å². The summed E-state index contributed by atoms with van der Waals surface area (Å²) in [6.07, 6.45) is 2.90. The van der Waals surface area contributed by atoms with Crippen molar-refractivity contribution >= 4 is 23.5 Å². The van der Waals surface area contributed by atoms with E-state index >= 15 is 0 Å². The molecule has 54 valence electrons. The van der Waals surface area contributed by atoms with Crippen LogP contribution in [0, 0.1) is 0 Å². The molecule has 0 aromatic carbocycles. The molecule has 1 aliphatic carbocycles. The highest BCUT2D eigenvalue weighted by molar-refractivity contribution is 8.18. The van der Waals surface area contributed by atoms with Gasteiger partial charge in [0.1, 0.15) is 0 Å². The zero-order chi connectivity index (χ0) is 6.74. The third-order valence-corrected chi connectivity index (χ3v) is 4.63. The summed E-state index contributed by atoms with van der Waals surface area (Å²) < 4.78 is 0.684. The molecule has 0 radical (unpaired) electrons. The van der Waals surface area contributed by atoms with Crippen molar-refractivity contribution in [2.24, 2.45) is 0 Å². The maximum atomic E-state index is 2.25. The van der Waals surface area contributed by atoms with Crippen LogP contribution in [-0.4, -0.2) is 15.6 Å². The number of hydrogen-bond donors (Lipinski definition) is 0. The molecule has 0 atom stereocenters. The average molecular weight is 162 g/mol. The standard InChI is InChI=1S/C7H14S2/c1-3-8-7(5-6-7)9-4-2/h3-6H2,1-2H3. The van der Waals surface area contributed by atoms with Crippen LogP contribution in [0.25, 0.3) is 0 Å². The predicted octanol–water partition coefficient (Wildman–Crippen LogP) is 2.98. The van der Waals surface area contributed by atoms with Crippen molar-refractivity contribution < 1.29 is 0 Å². The monoisotopic (exact) mass is 162 g/mol. The molecule has 0 saturated heterocycles.